The maximum absolute atomic E-state index is 13.8. The van der Waals surface area contributed by atoms with Crippen molar-refractivity contribution >= 4 is 17.1 Å². The fourth-order valence-electron chi connectivity index (χ4n) is 4.95. The van der Waals surface area contributed by atoms with Crippen molar-refractivity contribution < 1.29 is 23.3 Å². The van der Waals surface area contributed by atoms with Crippen molar-refractivity contribution in [2.24, 2.45) is 5.10 Å². The first-order valence-electron chi connectivity index (χ1n) is 14.1. The Balaban J connectivity index is 1.60. The Hall–Kier alpha value is -5.18. The molecule has 0 atom stereocenters. The maximum Gasteiger partial charge on any atom is 0.282 e. The molecule has 0 radical (unpaired) electrons. The minimum absolute atomic E-state index is 0.178. The van der Waals surface area contributed by atoms with Gasteiger partial charge in [-0.15, -0.1) is 0 Å². The smallest absolute Gasteiger partial charge is 0.282 e. The highest BCUT2D eigenvalue weighted by molar-refractivity contribution is 5.84. The largest absolute Gasteiger partial charge is 0.496 e. The van der Waals surface area contributed by atoms with E-state index in [1.165, 1.54) is 31.0 Å². The number of fused-ring (bicyclic) bond motifs is 1. The molecule has 1 aromatic heterocycles. The zero-order valence-corrected chi connectivity index (χ0v) is 25.6. The van der Waals surface area contributed by atoms with Crippen LogP contribution in [0.15, 0.2) is 82.7 Å². The van der Waals surface area contributed by atoms with Gasteiger partial charge in [0, 0.05) is 11.1 Å². The molecule has 0 aliphatic heterocycles. The minimum atomic E-state index is -0.320. The van der Waals surface area contributed by atoms with Gasteiger partial charge in [-0.2, -0.15) is 9.78 Å². The molecule has 0 saturated heterocycles. The van der Waals surface area contributed by atoms with Crippen LogP contribution in [0, 0.1) is 12.7 Å². The van der Waals surface area contributed by atoms with Gasteiger partial charge in [-0.05, 0) is 78.1 Å². The second-order valence-electron chi connectivity index (χ2n) is 10.5. The minimum Gasteiger partial charge on any atom is -0.496 e. The molecule has 0 spiro atoms. The number of aromatic nitrogens is 2. The fraction of sp³-hybridized carbons (Fsp3) is 0.229. The lowest BCUT2D eigenvalue weighted by atomic mass is 9.96. The summed E-state index contributed by atoms with van der Waals surface area (Å²) < 4.78 is 37.5. The van der Waals surface area contributed by atoms with Crippen LogP contribution in [-0.2, 0) is 6.61 Å². The molecule has 5 rings (SSSR count). The first kappa shape index (κ1) is 30.3. The van der Waals surface area contributed by atoms with Gasteiger partial charge in [-0.3, -0.25) is 4.79 Å². The van der Waals surface area contributed by atoms with Crippen LogP contribution in [0.25, 0.3) is 22.3 Å². The summed E-state index contributed by atoms with van der Waals surface area (Å²) in [7, 11) is 4.70. The van der Waals surface area contributed by atoms with Crippen LogP contribution >= 0.6 is 0 Å². The van der Waals surface area contributed by atoms with E-state index in [2.05, 4.69) is 18.9 Å². The monoisotopic (exact) mass is 595 g/mol. The molecular weight excluding hydrogens is 561 g/mol. The topological polar surface area (TPSA) is 84.2 Å². The van der Waals surface area contributed by atoms with Gasteiger partial charge in [0.1, 0.15) is 18.2 Å². The number of hydrogen-bond acceptors (Lipinski definition) is 7. The normalized spacial score (nSPS) is 11.4. The Labute approximate surface area is 255 Å². The van der Waals surface area contributed by atoms with Crippen LogP contribution < -0.4 is 24.5 Å². The zero-order chi connectivity index (χ0) is 31.4. The lowest BCUT2D eigenvalue weighted by molar-refractivity contribution is 0.266. The third kappa shape index (κ3) is 6.13. The summed E-state index contributed by atoms with van der Waals surface area (Å²) in [4.78, 5) is 18.7. The average Bonchev–Trinajstić information content (AvgIpc) is 3.03. The van der Waals surface area contributed by atoms with E-state index >= 15 is 0 Å². The number of halogens is 1. The predicted molar refractivity (Wildman–Crippen MR) is 170 cm³/mol. The molecule has 5 aromatic rings. The van der Waals surface area contributed by atoms with E-state index in [9.17, 15) is 9.18 Å². The van der Waals surface area contributed by atoms with Crippen molar-refractivity contribution in [1.82, 2.24) is 9.66 Å². The van der Waals surface area contributed by atoms with Crippen LogP contribution in [0.2, 0.25) is 0 Å². The number of ether oxygens (including phenoxy) is 4. The summed E-state index contributed by atoms with van der Waals surface area (Å²) in [6, 6.07) is 20.7. The number of para-hydroxylation sites is 1. The first-order chi connectivity index (χ1) is 21.2. The molecule has 0 aliphatic carbocycles. The van der Waals surface area contributed by atoms with Gasteiger partial charge in [0.15, 0.2) is 17.3 Å². The number of nitrogens with zero attached hydrogens (tertiary/aromatic N) is 3. The van der Waals surface area contributed by atoms with E-state index in [0.29, 0.717) is 39.5 Å². The molecule has 9 heteroatoms. The van der Waals surface area contributed by atoms with E-state index in [1.807, 2.05) is 31.2 Å². The van der Waals surface area contributed by atoms with Crippen LogP contribution in [0.5, 0.6) is 23.0 Å². The Kier molecular flexibility index (Phi) is 8.94. The third-order valence-corrected chi connectivity index (χ3v) is 7.30. The number of rotatable bonds is 10. The Morgan fingerprint density at radius 2 is 1.57 bits per heavy atom. The molecule has 0 fully saturated rings. The first-order valence-corrected chi connectivity index (χ1v) is 14.1. The Bertz CT molecular complexity index is 1870. The van der Waals surface area contributed by atoms with Crippen molar-refractivity contribution in [3.63, 3.8) is 0 Å². The van der Waals surface area contributed by atoms with Crippen molar-refractivity contribution in [3.8, 4) is 34.4 Å². The predicted octanol–water partition coefficient (Wildman–Crippen LogP) is 7.12. The number of aryl methyl sites for hydroxylation is 1. The van der Waals surface area contributed by atoms with Crippen LogP contribution in [0.1, 0.15) is 42.0 Å². The summed E-state index contributed by atoms with van der Waals surface area (Å²) in [5.74, 6) is 2.24. The quantitative estimate of drug-likeness (QED) is 0.160. The Morgan fingerprint density at radius 3 is 2.20 bits per heavy atom. The third-order valence-electron chi connectivity index (χ3n) is 7.30. The second-order valence-corrected chi connectivity index (χ2v) is 10.5. The standard InChI is InChI=1S/C35H34FN3O5/c1-21(2)27-18-28(22(3)15-30(27)41-4)34-38-29-10-8-7-9-26(29)35(40)39(34)37-19-24-16-31(42-5)33(32(17-24)43-6)44-20-23-11-13-25(36)14-12-23/h7-19,21H,20H2,1-6H3. The van der Waals surface area contributed by atoms with E-state index in [4.69, 9.17) is 23.9 Å². The highest BCUT2D eigenvalue weighted by Crippen LogP contribution is 2.39. The lowest BCUT2D eigenvalue weighted by Crippen LogP contribution is -2.20. The summed E-state index contributed by atoms with van der Waals surface area (Å²) in [5.41, 5.74) is 4.32. The van der Waals surface area contributed by atoms with E-state index in [-0.39, 0.29) is 23.9 Å². The average molecular weight is 596 g/mol. The van der Waals surface area contributed by atoms with Crippen molar-refractivity contribution in [2.75, 3.05) is 21.3 Å². The molecule has 8 nitrogen and oxygen atoms in total. The highest BCUT2D eigenvalue weighted by Gasteiger charge is 2.19. The van der Waals surface area contributed by atoms with Gasteiger partial charge in [0.05, 0.1) is 38.4 Å². The van der Waals surface area contributed by atoms with E-state index in [0.717, 1.165) is 28.0 Å². The number of hydrogen-bond donors (Lipinski definition) is 0. The summed E-state index contributed by atoms with van der Waals surface area (Å²) >= 11 is 0. The summed E-state index contributed by atoms with van der Waals surface area (Å²) in [6.45, 7) is 6.31. The van der Waals surface area contributed by atoms with E-state index < -0.39 is 0 Å². The lowest BCUT2D eigenvalue weighted by Gasteiger charge is -2.17. The van der Waals surface area contributed by atoms with Gasteiger partial charge < -0.3 is 18.9 Å². The second kappa shape index (κ2) is 13.0. The molecule has 226 valence electrons. The molecule has 0 N–H and O–H groups in total. The molecule has 1 heterocycles. The molecule has 4 aromatic carbocycles. The van der Waals surface area contributed by atoms with Crippen molar-refractivity contribution in [3.05, 3.63) is 111 Å². The molecule has 0 bridgehead atoms. The van der Waals surface area contributed by atoms with Crippen LogP contribution in [0.4, 0.5) is 4.39 Å². The molecule has 0 amide bonds. The summed E-state index contributed by atoms with van der Waals surface area (Å²) in [6.07, 6.45) is 1.55. The van der Waals surface area contributed by atoms with Crippen molar-refractivity contribution in [1.29, 1.82) is 0 Å². The fourth-order valence-corrected chi connectivity index (χ4v) is 4.95. The van der Waals surface area contributed by atoms with Gasteiger partial charge in [-0.1, -0.05) is 38.1 Å². The number of benzene rings is 4. The van der Waals surface area contributed by atoms with Gasteiger partial charge in [-0.25, -0.2) is 9.37 Å². The molecule has 0 saturated carbocycles. The summed E-state index contributed by atoms with van der Waals surface area (Å²) in [5, 5.41) is 5.09. The van der Waals surface area contributed by atoms with Gasteiger partial charge in [0.2, 0.25) is 5.75 Å². The maximum atomic E-state index is 13.8. The van der Waals surface area contributed by atoms with Gasteiger partial charge >= 0.3 is 0 Å². The molecule has 0 unspecified atom stereocenters. The highest BCUT2D eigenvalue weighted by atomic mass is 19.1. The SMILES string of the molecule is COc1cc(C)c(-c2nc3ccccc3c(=O)n2N=Cc2cc(OC)c(OCc3ccc(F)cc3)c(OC)c2)cc1C(C)C. The molecule has 44 heavy (non-hydrogen) atoms. The van der Waals surface area contributed by atoms with Crippen LogP contribution in [-0.4, -0.2) is 37.2 Å². The van der Waals surface area contributed by atoms with Gasteiger partial charge in [0.25, 0.3) is 5.56 Å². The van der Waals surface area contributed by atoms with Crippen molar-refractivity contribution in [2.45, 2.75) is 33.3 Å². The number of methoxy groups -OCH3 is 3. The molecular formula is C35H34FN3O5. The molecule has 0 aliphatic rings. The zero-order valence-electron chi connectivity index (χ0n) is 25.6. The van der Waals surface area contributed by atoms with E-state index in [1.54, 1.807) is 49.7 Å². The Morgan fingerprint density at radius 1 is 0.909 bits per heavy atom. The van der Waals surface area contributed by atoms with Crippen LogP contribution in [0.3, 0.4) is 0 Å².